The Hall–Kier alpha value is -4.66. The molecule has 0 fully saturated rings. The summed E-state index contributed by atoms with van der Waals surface area (Å²) in [6.45, 7) is 6.66. The Morgan fingerprint density at radius 3 is 1.98 bits per heavy atom. The minimum absolute atomic E-state index is 0.0625. The van der Waals surface area contributed by atoms with Gasteiger partial charge in [0.05, 0.1) is 18.9 Å². The molecule has 0 saturated heterocycles. The van der Waals surface area contributed by atoms with Crippen LogP contribution in [0.25, 0.3) is 11.1 Å². The third kappa shape index (κ3) is 11.6. The number of rotatable bonds is 15. The highest BCUT2D eigenvalue weighted by Crippen LogP contribution is 2.22. The second-order valence-corrected chi connectivity index (χ2v) is 10.5. The fraction of sp³-hybridized carbons (Fsp3) is 0.371. The van der Waals surface area contributed by atoms with E-state index in [1.165, 1.54) is 6.92 Å². The summed E-state index contributed by atoms with van der Waals surface area (Å²) < 4.78 is 20.4. The van der Waals surface area contributed by atoms with Crippen molar-refractivity contribution in [3.05, 3.63) is 96.1 Å². The number of benzene rings is 3. The number of hydrogen-bond acceptors (Lipinski definition) is 8. The maximum atomic E-state index is 12.9. The van der Waals surface area contributed by atoms with Gasteiger partial charge in [-0.25, -0.2) is 4.79 Å². The van der Waals surface area contributed by atoms with Crippen LogP contribution in [-0.2, 0) is 39.8 Å². The minimum atomic E-state index is -1.13. The number of hydrogen-bond donors (Lipinski definition) is 1. The van der Waals surface area contributed by atoms with Crippen molar-refractivity contribution in [2.75, 3.05) is 6.61 Å². The van der Waals surface area contributed by atoms with E-state index in [-0.39, 0.29) is 31.8 Å². The van der Waals surface area contributed by atoms with Crippen LogP contribution >= 0.6 is 0 Å². The third-order valence-corrected chi connectivity index (χ3v) is 6.89. The standard InChI is InChI=1S/C35H41NO8/c1-5-41-35(40)44-26(4)43-34(39)24(2)22-31(23-27-16-18-30(19-17-27)29-14-10-7-11-15-29)36-32(37)20-21-33(38)42-25(3)28-12-8-6-9-13-28/h6-19,24-26,31H,5,20-23H2,1-4H3,(H,36,37). The molecule has 3 rings (SSSR count). The molecule has 0 aliphatic carbocycles. The fourth-order valence-corrected chi connectivity index (χ4v) is 4.62. The Bertz CT molecular complexity index is 1340. The van der Waals surface area contributed by atoms with Crippen molar-refractivity contribution in [1.29, 1.82) is 0 Å². The highest BCUT2D eigenvalue weighted by molar-refractivity contribution is 5.81. The van der Waals surface area contributed by atoms with Crippen molar-refractivity contribution < 1.29 is 38.1 Å². The molecule has 44 heavy (non-hydrogen) atoms. The molecule has 9 nitrogen and oxygen atoms in total. The molecule has 3 aromatic carbocycles. The monoisotopic (exact) mass is 603 g/mol. The zero-order chi connectivity index (χ0) is 31.9. The number of carbonyl (C=O) groups excluding carboxylic acids is 4. The molecular formula is C35H41NO8. The molecule has 1 amide bonds. The Morgan fingerprint density at radius 2 is 1.34 bits per heavy atom. The number of ether oxygens (including phenoxy) is 4. The second kappa shape index (κ2) is 17.5. The number of nitrogens with one attached hydrogen (secondary N) is 1. The molecular weight excluding hydrogens is 562 g/mol. The van der Waals surface area contributed by atoms with Crippen LogP contribution in [0.15, 0.2) is 84.9 Å². The van der Waals surface area contributed by atoms with Crippen molar-refractivity contribution in [3.8, 4) is 11.1 Å². The molecule has 0 aromatic heterocycles. The van der Waals surface area contributed by atoms with Gasteiger partial charge in [0.25, 0.3) is 0 Å². The summed E-state index contributed by atoms with van der Waals surface area (Å²) in [4.78, 5) is 49.7. The van der Waals surface area contributed by atoms with E-state index in [0.717, 1.165) is 22.3 Å². The molecule has 4 atom stereocenters. The molecule has 0 saturated carbocycles. The van der Waals surface area contributed by atoms with Gasteiger partial charge in [-0.2, -0.15) is 0 Å². The van der Waals surface area contributed by atoms with Crippen LogP contribution in [0.3, 0.4) is 0 Å². The third-order valence-electron chi connectivity index (χ3n) is 6.89. The summed E-state index contributed by atoms with van der Waals surface area (Å²) in [6, 6.07) is 26.9. The van der Waals surface area contributed by atoms with Gasteiger partial charge in [0.1, 0.15) is 6.10 Å². The predicted molar refractivity (Wildman–Crippen MR) is 165 cm³/mol. The summed E-state index contributed by atoms with van der Waals surface area (Å²) in [5.41, 5.74) is 3.98. The van der Waals surface area contributed by atoms with Gasteiger partial charge in [-0.1, -0.05) is 91.9 Å². The van der Waals surface area contributed by atoms with Gasteiger partial charge in [0, 0.05) is 19.4 Å². The van der Waals surface area contributed by atoms with Gasteiger partial charge in [-0.05, 0) is 48.9 Å². The summed E-state index contributed by atoms with van der Waals surface area (Å²) in [6.07, 6.45) is -1.93. The van der Waals surface area contributed by atoms with Crippen molar-refractivity contribution in [2.24, 2.45) is 5.92 Å². The lowest BCUT2D eigenvalue weighted by Gasteiger charge is -2.23. The van der Waals surface area contributed by atoms with E-state index in [4.69, 9.17) is 18.9 Å². The van der Waals surface area contributed by atoms with E-state index in [1.807, 2.05) is 84.9 Å². The Balaban J connectivity index is 1.61. The van der Waals surface area contributed by atoms with Gasteiger partial charge < -0.3 is 24.3 Å². The fourth-order valence-electron chi connectivity index (χ4n) is 4.62. The number of esters is 2. The Labute approximate surface area is 258 Å². The topological polar surface area (TPSA) is 117 Å². The van der Waals surface area contributed by atoms with Crippen LogP contribution in [0.5, 0.6) is 0 Å². The van der Waals surface area contributed by atoms with E-state index >= 15 is 0 Å². The Kier molecular flexibility index (Phi) is 13.4. The smallest absolute Gasteiger partial charge is 0.458 e. The van der Waals surface area contributed by atoms with E-state index in [1.54, 1.807) is 20.8 Å². The predicted octanol–water partition coefficient (Wildman–Crippen LogP) is 6.55. The highest BCUT2D eigenvalue weighted by Gasteiger charge is 2.25. The van der Waals surface area contributed by atoms with Crippen LogP contribution in [0.1, 0.15) is 64.2 Å². The summed E-state index contributed by atoms with van der Waals surface area (Å²) in [5, 5.41) is 2.98. The van der Waals surface area contributed by atoms with E-state index < -0.39 is 42.4 Å². The molecule has 1 N–H and O–H groups in total. The van der Waals surface area contributed by atoms with E-state index in [0.29, 0.717) is 6.42 Å². The summed E-state index contributed by atoms with van der Waals surface area (Å²) >= 11 is 0. The lowest BCUT2D eigenvalue weighted by molar-refractivity contribution is -0.172. The van der Waals surface area contributed by atoms with Crippen molar-refractivity contribution >= 4 is 24.0 Å². The maximum Gasteiger partial charge on any atom is 0.511 e. The van der Waals surface area contributed by atoms with Crippen LogP contribution < -0.4 is 5.32 Å². The molecule has 0 bridgehead atoms. The van der Waals surface area contributed by atoms with E-state index in [2.05, 4.69) is 5.32 Å². The van der Waals surface area contributed by atoms with Gasteiger partial charge in [-0.3, -0.25) is 14.4 Å². The van der Waals surface area contributed by atoms with Crippen molar-refractivity contribution in [1.82, 2.24) is 5.32 Å². The zero-order valence-electron chi connectivity index (χ0n) is 25.7. The van der Waals surface area contributed by atoms with Gasteiger partial charge >= 0.3 is 18.1 Å². The molecule has 0 aliphatic rings. The largest absolute Gasteiger partial charge is 0.511 e. The molecule has 0 radical (unpaired) electrons. The SMILES string of the molecule is CCOC(=O)OC(C)OC(=O)C(C)CC(Cc1ccc(-c2ccccc2)cc1)NC(=O)CCC(=O)OC(C)c1ccccc1. The van der Waals surface area contributed by atoms with E-state index in [9.17, 15) is 19.2 Å². The molecule has 3 aromatic rings. The van der Waals surface area contributed by atoms with Crippen LogP contribution in [0.4, 0.5) is 4.79 Å². The first-order valence-corrected chi connectivity index (χ1v) is 14.9. The first kappa shape index (κ1) is 33.8. The lowest BCUT2D eigenvalue weighted by atomic mass is 9.94. The number of amides is 1. The van der Waals surface area contributed by atoms with Crippen molar-refractivity contribution in [2.45, 2.75) is 71.8 Å². The van der Waals surface area contributed by atoms with Gasteiger partial charge in [0.15, 0.2) is 0 Å². The molecule has 0 aliphatic heterocycles. The molecule has 9 heteroatoms. The first-order chi connectivity index (χ1) is 21.1. The molecule has 234 valence electrons. The summed E-state index contributed by atoms with van der Waals surface area (Å²) in [7, 11) is 0. The average Bonchev–Trinajstić information content (AvgIpc) is 3.01. The summed E-state index contributed by atoms with van der Waals surface area (Å²) in [5.74, 6) is -2.02. The quantitative estimate of drug-likeness (QED) is 0.118. The lowest BCUT2D eigenvalue weighted by Crippen LogP contribution is -2.39. The molecule has 4 unspecified atom stereocenters. The molecule has 0 heterocycles. The Morgan fingerprint density at radius 1 is 0.727 bits per heavy atom. The van der Waals surface area contributed by atoms with Crippen molar-refractivity contribution in [3.63, 3.8) is 0 Å². The van der Waals surface area contributed by atoms with Crippen LogP contribution in [0, 0.1) is 5.92 Å². The minimum Gasteiger partial charge on any atom is -0.458 e. The van der Waals surface area contributed by atoms with Crippen LogP contribution in [-0.4, -0.2) is 42.9 Å². The first-order valence-electron chi connectivity index (χ1n) is 14.9. The highest BCUT2D eigenvalue weighted by atomic mass is 16.8. The van der Waals surface area contributed by atoms with Gasteiger partial charge in [0.2, 0.25) is 12.2 Å². The molecule has 0 spiro atoms. The maximum absolute atomic E-state index is 12.9. The van der Waals surface area contributed by atoms with Crippen LogP contribution in [0.2, 0.25) is 0 Å². The normalized spacial score (nSPS) is 13.5. The average molecular weight is 604 g/mol. The number of carbonyl (C=O) groups is 4. The zero-order valence-corrected chi connectivity index (χ0v) is 25.7. The second-order valence-electron chi connectivity index (χ2n) is 10.5. The van der Waals surface area contributed by atoms with Gasteiger partial charge in [-0.15, -0.1) is 0 Å².